The molecular formula is C6H12N4O. The number of aliphatic hydroxyl groups is 1. The van der Waals surface area contributed by atoms with Crippen LogP contribution in [0.3, 0.4) is 0 Å². The highest BCUT2D eigenvalue weighted by atomic mass is 16.3. The molecule has 1 aromatic heterocycles. The Bertz CT molecular complexity index is 218. The van der Waals surface area contributed by atoms with Crippen molar-refractivity contribution in [1.82, 2.24) is 20.3 Å². The summed E-state index contributed by atoms with van der Waals surface area (Å²) in [6.07, 6.45) is 1.64. The third-order valence-corrected chi connectivity index (χ3v) is 1.64. The van der Waals surface area contributed by atoms with Crippen molar-refractivity contribution >= 4 is 0 Å². The van der Waals surface area contributed by atoms with Gasteiger partial charge < -0.3 is 10.4 Å². The summed E-state index contributed by atoms with van der Waals surface area (Å²) in [4.78, 5) is 0. The maximum absolute atomic E-state index is 8.89. The molecule has 2 N–H and O–H groups in total. The Morgan fingerprint density at radius 3 is 2.91 bits per heavy atom. The fraction of sp³-hybridized carbons (Fsp3) is 0.667. The predicted octanol–water partition coefficient (Wildman–Crippen LogP) is -0.932. The van der Waals surface area contributed by atoms with E-state index < -0.39 is 0 Å². The Labute approximate surface area is 65.0 Å². The largest absolute Gasteiger partial charge is 0.394 e. The van der Waals surface area contributed by atoms with Crippen LogP contribution in [-0.4, -0.2) is 33.8 Å². The molecule has 0 radical (unpaired) electrons. The minimum absolute atomic E-state index is 0.0533. The average molecular weight is 156 g/mol. The van der Waals surface area contributed by atoms with Crippen LogP contribution in [0.15, 0.2) is 6.20 Å². The molecule has 1 rings (SSSR count). The zero-order valence-electron chi connectivity index (χ0n) is 6.65. The van der Waals surface area contributed by atoms with Gasteiger partial charge in [0, 0.05) is 7.05 Å². The second kappa shape index (κ2) is 3.45. The smallest absolute Gasteiger partial charge is 0.0776 e. The molecule has 0 aliphatic rings. The van der Waals surface area contributed by atoms with E-state index in [1.165, 1.54) is 0 Å². The number of rotatable bonds is 3. The van der Waals surface area contributed by atoms with Gasteiger partial charge in [0.05, 0.1) is 24.5 Å². The summed E-state index contributed by atoms with van der Waals surface area (Å²) < 4.78 is 1.64. The maximum Gasteiger partial charge on any atom is 0.0776 e. The van der Waals surface area contributed by atoms with Crippen molar-refractivity contribution in [3.63, 3.8) is 0 Å². The van der Waals surface area contributed by atoms with Gasteiger partial charge >= 0.3 is 0 Å². The first-order chi connectivity index (χ1) is 5.29. The highest BCUT2D eigenvalue weighted by Crippen LogP contribution is 2.07. The quantitative estimate of drug-likeness (QED) is 0.593. The second-order valence-corrected chi connectivity index (χ2v) is 2.31. The first-order valence-electron chi connectivity index (χ1n) is 3.42. The molecule has 1 heterocycles. The second-order valence-electron chi connectivity index (χ2n) is 2.31. The van der Waals surface area contributed by atoms with E-state index in [2.05, 4.69) is 15.6 Å². The van der Waals surface area contributed by atoms with E-state index in [0.717, 1.165) is 5.69 Å². The summed E-state index contributed by atoms with van der Waals surface area (Å²) in [6.45, 7) is 0.0533. The van der Waals surface area contributed by atoms with E-state index in [0.29, 0.717) is 0 Å². The fourth-order valence-corrected chi connectivity index (χ4v) is 0.946. The van der Waals surface area contributed by atoms with Crippen molar-refractivity contribution in [3.05, 3.63) is 11.9 Å². The van der Waals surface area contributed by atoms with Crippen molar-refractivity contribution < 1.29 is 5.11 Å². The van der Waals surface area contributed by atoms with E-state index in [9.17, 15) is 0 Å². The molecule has 11 heavy (non-hydrogen) atoms. The predicted molar refractivity (Wildman–Crippen MR) is 39.9 cm³/mol. The van der Waals surface area contributed by atoms with Crippen LogP contribution in [0.2, 0.25) is 0 Å². The summed E-state index contributed by atoms with van der Waals surface area (Å²) in [5, 5.41) is 19.3. The highest BCUT2D eigenvalue weighted by Gasteiger charge is 2.11. The lowest BCUT2D eigenvalue weighted by Crippen LogP contribution is -2.22. The highest BCUT2D eigenvalue weighted by molar-refractivity contribution is 5.00. The normalized spacial score (nSPS) is 13.4. The van der Waals surface area contributed by atoms with Crippen LogP contribution < -0.4 is 5.32 Å². The molecule has 0 aliphatic heterocycles. The summed E-state index contributed by atoms with van der Waals surface area (Å²) >= 11 is 0. The number of hydrogen-bond donors (Lipinski definition) is 2. The van der Waals surface area contributed by atoms with Gasteiger partial charge in [0.15, 0.2) is 0 Å². The third kappa shape index (κ3) is 1.55. The topological polar surface area (TPSA) is 63.0 Å². The molecule has 0 aromatic carbocycles. The first kappa shape index (κ1) is 8.16. The van der Waals surface area contributed by atoms with Crippen LogP contribution in [0.5, 0.6) is 0 Å². The van der Waals surface area contributed by atoms with Crippen molar-refractivity contribution in [1.29, 1.82) is 0 Å². The Morgan fingerprint density at radius 1 is 1.82 bits per heavy atom. The molecule has 1 unspecified atom stereocenters. The maximum atomic E-state index is 8.89. The molecular weight excluding hydrogens is 144 g/mol. The first-order valence-corrected chi connectivity index (χ1v) is 3.42. The van der Waals surface area contributed by atoms with Crippen molar-refractivity contribution in [2.75, 3.05) is 13.7 Å². The minimum atomic E-state index is -0.0741. The number of likely N-dealkylation sites (N-methyl/N-ethyl adjacent to an activating group) is 1. The summed E-state index contributed by atoms with van der Waals surface area (Å²) in [7, 11) is 3.58. The Kier molecular flexibility index (Phi) is 2.56. The SMILES string of the molecule is CNC(CO)c1cnnn1C. The molecule has 0 spiro atoms. The van der Waals surface area contributed by atoms with Gasteiger partial charge in [-0.3, -0.25) is 4.68 Å². The van der Waals surface area contributed by atoms with Gasteiger partial charge in [0.2, 0.25) is 0 Å². The molecule has 0 saturated carbocycles. The molecule has 5 nitrogen and oxygen atoms in total. The van der Waals surface area contributed by atoms with Crippen LogP contribution >= 0.6 is 0 Å². The Balaban J connectivity index is 2.81. The lowest BCUT2D eigenvalue weighted by atomic mass is 10.2. The number of aromatic nitrogens is 3. The standard InChI is InChI=1S/C6H12N4O/c1-7-5(4-11)6-3-8-9-10(6)2/h3,5,7,11H,4H2,1-2H3. The number of nitrogens with one attached hydrogen (secondary N) is 1. The Hall–Kier alpha value is -0.940. The summed E-state index contributed by atoms with van der Waals surface area (Å²) in [6, 6.07) is -0.0741. The van der Waals surface area contributed by atoms with Crippen LogP contribution in [-0.2, 0) is 7.05 Å². The van der Waals surface area contributed by atoms with Crippen LogP contribution in [0.25, 0.3) is 0 Å². The van der Waals surface area contributed by atoms with E-state index in [1.54, 1.807) is 25.0 Å². The molecule has 0 amide bonds. The van der Waals surface area contributed by atoms with E-state index in [1.807, 2.05) is 0 Å². The molecule has 0 bridgehead atoms. The van der Waals surface area contributed by atoms with Gasteiger partial charge in [0.1, 0.15) is 0 Å². The van der Waals surface area contributed by atoms with E-state index in [-0.39, 0.29) is 12.6 Å². The number of aryl methyl sites for hydroxylation is 1. The molecule has 0 fully saturated rings. The van der Waals surface area contributed by atoms with Crippen LogP contribution in [0.1, 0.15) is 11.7 Å². The van der Waals surface area contributed by atoms with Gasteiger partial charge in [-0.2, -0.15) is 0 Å². The number of hydrogen-bond acceptors (Lipinski definition) is 4. The monoisotopic (exact) mass is 156 g/mol. The fourth-order valence-electron chi connectivity index (χ4n) is 0.946. The Morgan fingerprint density at radius 2 is 2.55 bits per heavy atom. The molecule has 1 atom stereocenters. The zero-order chi connectivity index (χ0) is 8.27. The summed E-state index contributed by atoms with van der Waals surface area (Å²) in [5.41, 5.74) is 0.884. The number of aliphatic hydroxyl groups excluding tert-OH is 1. The lowest BCUT2D eigenvalue weighted by Gasteiger charge is -2.11. The molecule has 0 saturated heterocycles. The molecule has 0 aliphatic carbocycles. The lowest BCUT2D eigenvalue weighted by molar-refractivity contribution is 0.245. The van der Waals surface area contributed by atoms with Gasteiger partial charge in [0.25, 0.3) is 0 Å². The van der Waals surface area contributed by atoms with Crippen LogP contribution in [0.4, 0.5) is 0 Å². The zero-order valence-corrected chi connectivity index (χ0v) is 6.65. The van der Waals surface area contributed by atoms with Crippen LogP contribution in [0, 0.1) is 0 Å². The molecule has 1 aromatic rings. The van der Waals surface area contributed by atoms with Crippen molar-refractivity contribution in [3.8, 4) is 0 Å². The van der Waals surface area contributed by atoms with Gasteiger partial charge in [-0.05, 0) is 7.05 Å². The molecule has 5 heteroatoms. The third-order valence-electron chi connectivity index (χ3n) is 1.64. The van der Waals surface area contributed by atoms with E-state index >= 15 is 0 Å². The van der Waals surface area contributed by atoms with Gasteiger partial charge in [-0.1, -0.05) is 5.21 Å². The average Bonchev–Trinajstić information content (AvgIpc) is 2.40. The van der Waals surface area contributed by atoms with Crippen molar-refractivity contribution in [2.24, 2.45) is 7.05 Å². The van der Waals surface area contributed by atoms with Gasteiger partial charge in [-0.15, -0.1) is 5.10 Å². The van der Waals surface area contributed by atoms with Gasteiger partial charge in [-0.25, -0.2) is 0 Å². The minimum Gasteiger partial charge on any atom is -0.394 e. The van der Waals surface area contributed by atoms with Crippen molar-refractivity contribution in [2.45, 2.75) is 6.04 Å². The molecule has 62 valence electrons. The van der Waals surface area contributed by atoms with E-state index in [4.69, 9.17) is 5.11 Å². The number of nitrogens with zero attached hydrogens (tertiary/aromatic N) is 3. The summed E-state index contributed by atoms with van der Waals surface area (Å²) in [5.74, 6) is 0.